The predicted octanol–water partition coefficient (Wildman–Crippen LogP) is 0.102. The molecule has 1 saturated heterocycles. The highest BCUT2D eigenvalue weighted by atomic mass is 16.5. The van der Waals surface area contributed by atoms with E-state index in [1.54, 1.807) is 4.90 Å². The van der Waals surface area contributed by atoms with Crippen LogP contribution in [-0.2, 0) is 14.3 Å². The van der Waals surface area contributed by atoms with Crippen LogP contribution in [0.4, 0.5) is 0 Å². The number of esters is 1. The van der Waals surface area contributed by atoms with Gasteiger partial charge in [0.25, 0.3) is 0 Å². The molecule has 0 aromatic carbocycles. The second kappa shape index (κ2) is 5.84. The Labute approximate surface area is 96.3 Å². The lowest BCUT2D eigenvalue weighted by atomic mass is 10.2. The van der Waals surface area contributed by atoms with Gasteiger partial charge in [-0.15, -0.1) is 0 Å². The minimum absolute atomic E-state index is 0.0114. The van der Waals surface area contributed by atoms with Crippen LogP contribution in [0.15, 0.2) is 0 Å². The van der Waals surface area contributed by atoms with Crippen LogP contribution in [0.3, 0.4) is 0 Å². The number of rotatable bonds is 5. The number of carbonyl (C=O) groups is 2. The number of methoxy groups -OCH3 is 1. The SMILES string of the molecule is COC(=O)CCCN(C)C1CCN(C)C1=O. The Morgan fingerprint density at radius 2 is 2.31 bits per heavy atom. The second-order valence-corrected chi connectivity index (χ2v) is 4.22. The van der Waals surface area contributed by atoms with Crippen molar-refractivity contribution in [3.05, 3.63) is 0 Å². The van der Waals surface area contributed by atoms with Crippen LogP contribution in [0.2, 0.25) is 0 Å². The fourth-order valence-electron chi connectivity index (χ4n) is 1.94. The Hall–Kier alpha value is -1.10. The zero-order chi connectivity index (χ0) is 12.1. The molecule has 0 aromatic heterocycles. The summed E-state index contributed by atoms with van der Waals surface area (Å²) in [4.78, 5) is 26.4. The summed E-state index contributed by atoms with van der Waals surface area (Å²) >= 11 is 0. The molecule has 1 rings (SSSR count). The third kappa shape index (κ3) is 3.20. The molecule has 5 nitrogen and oxygen atoms in total. The molecule has 1 amide bonds. The maximum absolute atomic E-state index is 11.7. The largest absolute Gasteiger partial charge is 0.469 e. The first-order valence-corrected chi connectivity index (χ1v) is 5.58. The van der Waals surface area contributed by atoms with Gasteiger partial charge < -0.3 is 9.64 Å². The van der Waals surface area contributed by atoms with Gasteiger partial charge in [-0.2, -0.15) is 0 Å². The molecular formula is C11H20N2O3. The first kappa shape index (κ1) is 13.0. The molecule has 1 heterocycles. The van der Waals surface area contributed by atoms with Crippen LogP contribution in [0, 0.1) is 0 Å². The summed E-state index contributed by atoms with van der Waals surface area (Å²) in [6, 6.07) is -0.0114. The molecule has 0 N–H and O–H groups in total. The fraction of sp³-hybridized carbons (Fsp3) is 0.818. The Kier molecular flexibility index (Phi) is 4.73. The molecule has 1 atom stereocenters. The third-order valence-electron chi connectivity index (χ3n) is 3.05. The van der Waals surface area contributed by atoms with E-state index in [9.17, 15) is 9.59 Å². The summed E-state index contributed by atoms with van der Waals surface area (Å²) in [6.45, 7) is 1.57. The van der Waals surface area contributed by atoms with Gasteiger partial charge in [0.1, 0.15) is 0 Å². The minimum Gasteiger partial charge on any atom is -0.469 e. The lowest BCUT2D eigenvalue weighted by Gasteiger charge is -2.22. The number of likely N-dealkylation sites (N-methyl/N-ethyl adjacent to an activating group) is 2. The topological polar surface area (TPSA) is 49.9 Å². The van der Waals surface area contributed by atoms with Gasteiger partial charge in [0.05, 0.1) is 13.2 Å². The number of nitrogens with zero attached hydrogens (tertiary/aromatic N) is 2. The van der Waals surface area contributed by atoms with E-state index in [4.69, 9.17) is 0 Å². The molecule has 0 radical (unpaired) electrons. The number of ether oxygens (including phenoxy) is 1. The average Bonchev–Trinajstić information content (AvgIpc) is 2.59. The van der Waals surface area contributed by atoms with Crippen LogP contribution in [0.5, 0.6) is 0 Å². The van der Waals surface area contributed by atoms with Crippen LogP contribution in [0.1, 0.15) is 19.3 Å². The van der Waals surface area contributed by atoms with E-state index in [1.807, 2.05) is 19.0 Å². The minimum atomic E-state index is -0.191. The number of carbonyl (C=O) groups excluding carboxylic acids is 2. The van der Waals surface area contributed by atoms with Crippen molar-refractivity contribution in [1.29, 1.82) is 0 Å². The van der Waals surface area contributed by atoms with Gasteiger partial charge >= 0.3 is 5.97 Å². The van der Waals surface area contributed by atoms with Crippen molar-refractivity contribution in [2.75, 3.05) is 34.3 Å². The van der Waals surface area contributed by atoms with Crippen LogP contribution < -0.4 is 0 Å². The Morgan fingerprint density at radius 3 is 2.81 bits per heavy atom. The molecule has 1 aliphatic heterocycles. The quantitative estimate of drug-likeness (QED) is 0.626. The number of amides is 1. The van der Waals surface area contributed by atoms with Gasteiger partial charge in [-0.1, -0.05) is 0 Å². The Bertz CT molecular complexity index is 268. The fourth-order valence-corrected chi connectivity index (χ4v) is 1.94. The standard InChI is InChI=1S/C11H20N2O3/c1-12(7-4-5-10(14)16-3)9-6-8-13(2)11(9)15/h9H,4-8H2,1-3H3. The van der Waals surface area contributed by atoms with E-state index in [1.165, 1.54) is 7.11 Å². The van der Waals surface area contributed by atoms with Crippen molar-refractivity contribution in [1.82, 2.24) is 9.80 Å². The molecule has 1 unspecified atom stereocenters. The van der Waals surface area contributed by atoms with Crippen LogP contribution in [-0.4, -0.2) is 62.0 Å². The summed E-state index contributed by atoms with van der Waals surface area (Å²) in [5.74, 6) is -0.0103. The number of hydrogen-bond acceptors (Lipinski definition) is 4. The molecular weight excluding hydrogens is 208 g/mol. The lowest BCUT2D eigenvalue weighted by molar-refractivity contribution is -0.140. The zero-order valence-corrected chi connectivity index (χ0v) is 10.2. The monoisotopic (exact) mass is 228 g/mol. The van der Waals surface area contributed by atoms with E-state index in [0.717, 1.165) is 25.9 Å². The molecule has 5 heteroatoms. The highest BCUT2D eigenvalue weighted by Gasteiger charge is 2.31. The van der Waals surface area contributed by atoms with Crippen LogP contribution >= 0.6 is 0 Å². The average molecular weight is 228 g/mol. The summed E-state index contributed by atoms with van der Waals surface area (Å²) in [7, 11) is 5.14. The zero-order valence-electron chi connectivity index (χ0n) is 10.2. The molecule has 0 bridgehead atoms. The van der Waals surface area contributed by atoms with E-state index in [0.29, 0.717) is 6.42 Å². The van der Waals surface area contributed by atoms with Gasteiger partial charge in [-0.3, -0.25) is 14.5 Å². The molecule has 0 aromatic rings. The predicted molar refractivity (Wildman–Crippen MR) is 59.9 cm³/mol. The Balaban J connectivity index is 2.27. The maximum Gasteiger partial charge on any atom is 0.305 e. The van der Waals surface area contributed by atoms with Crippen molar-refractivity contribution in [3.63, 3.8) is 0 Å². The number of likely N-dealkylation sites (tertiary alicyclic amines) is 1. The lowest BCUT2D eigenvalue weighted by Crippen LogP contribution is -2.39. The molecule has 1 aliphatic rings. The van der Waals surface area contributed by atoms with E-state index >= 15 is 0 Å². The van der Waals surface area contributed by atoms with Gasteiger partial charge in [-0.05, 0) is 26.4 Å². The van der Waals surface area contributed by atoms with Crippen molar-refractivity contribution < 1.29 is 14.3 Å². The molecule has 92 valence electrons. The van der Waals surface area contributed by atoms with Crippen LogP contribution in [0.25, 0.3) is 0 Å². The molecule has 16 heavy (non-hydrogen) atoms. The van der Waals surface area contributed by atoms with Crippen molar-refractivity contribution >= 4 is 11.9 Å². The molecule has 0 spiro atoms. The van der Waals surface area contributed by atoms with Gasteiger partial charge in [-0.25, -0.2) is 0 Å². The normalized spacial score (nSPS) is 20.6. The second-order valence-electron chi connectivity index (χ2n) is 4.22. The molecule has 1 fully saturated rings. The highest BCUT2D eigenvalue weighted by Crippen LogP contribution is 2.14. The van der Waals surface area contributed by atoms with Gasteiger partial charge in [0, 0.05) is 20.0 Å². The summed E-state index contributed by atoms with van der Waals surface area (Å²) < 4.78 is 4.56. The van der Waals surface area contributed by atoms with Gasteiger partial charge in [0.15, 0.2) is 0 Å². The van der Waals surface area contributed by atoms with Crippen molar-refractivity contribution in [2.45, 2.75) is 25.3 Å². The summed E-state index contributed by atoms with van der Waals surface area (Å²) in [5, 5.41) is 0. The van der Waals surface area contributed by atoms with E-state index in [-0.39, 0.29) is 17.9 Å². The summed E-state index contributed by atoms with van der Waals surface area (Å²) in [6.07, 6.45) is 2.03. The van der Waals surface area contributed by atoms with Gasteiger partial charge in [0.2, 0.25) is 5.91 Å². The first-order chi connectivity index (χ1) is 7.56. The van der Waals surface area contributed by atoms with Crippen molar-refractivity contribution in [3.8, 4) is 0 Å². The number of hydrogen-bond donors (Lipinski definition) is 0. The third-order valence-corrected chi connectivity index (χ3v) is 3.05. The van der Waals surface area contributed by atoms with E-state index < -0.39 is 0 Å². The smallest absolute Gasteiger partial charge is 0.305 e. The Morgan fingerprint density at radius 1 is 1.62 bits per heavy atom. The highest BCUT2D eigenvalue weighted by molar-refractivity contribution is 5.83. The summed E-state index contributed by atoms with van der Waals surface area (Å²) in [5.41, 5.74) is 0. The van der Waals surface area contributed by atoms with E-state index in [2.05, 4.69) is 4.74 Å². The maximum atomic E-state index is 11.7. The first-order valence-electron chi connectivity index (χ1n) is 5.58. The molecule has 0 saturated carbocycles. The van der Waals surface area contributed by atoms with Crippen molar-refractivity contribution in [2.24, 2.45) is 0 Å². The molecule has 0 aliphatic carbocycles.